The summed E-state index contributed by atoms with van der Waals surface area (Å²) in [6.45, 7) is 24.8. The molecule has 0 radical (unpaired) electrons. The second kappa shape index (κ2) is 7.94. The molecule has 3 nitrogen and oxygen atoms in total. The van der Waals surface area contributed by atoms with Crippen LogP contribution in [0, 0.1) is 0 Å². The van der Waals surface area contributed by atoms with E-state index in [0.717, 1.165) is 6.42 Å². The first kappa shape index (κ1) is 23.0. The summed E-state index contributed by atoms with van der Waals surface area (Å²) >= 11 is 0. The van der Waals surface area contributed by atoms with Crippen LogP contribution in [0.1, 0.15) is 61.3 Å². The Labute approximate surface area is 146 Å². The van der Waals surface area contributed by atoms with Gasteiger partial charge in [0, 0.05) is 13.0 Å². The normalized spacial score (nSPS) is 15.6. The third kappa shape index (κ3) is 7.63. The molecule has 0 heterocycles. The van der Waals surface area contributed by atoms with E-state index in [1.165, 1.54) is 0 Å². The van der Waals surface area contributed by atoms with Gasteiger partial charge in [-0.05, 0) is 49.6 Å². The van der Waals surface area contributed by atoms with Crippen molar-refractivity contribution in [3.63, 3.8) is 0 Å². The predicted octanol–water partition coefficient (Wildman–Crippen LogP) is 5.77. The lowest BCUT2D eigenvalue weighted by atomic mass is 10.1. The largest absolute Gasteiger partial charge is 0.417 e. The molecule has 0 aliphatic carbocycles. The molecule has 0 aromatic rings. The Kier molecular flexibility index (Phi) is 7.94. The van der Waals surface area contributed by atoms with E-state index in [1.54, 1.807) is 6.92 Å². The highest BCUT2D eigenvalue weighted by Gasteiger charge is 2.40. The number of carbonyl (C=O) groups excluding carboxylic acids is 1. The Morgan fingerprint density at radius 2 is 1.35 bits per heavy atom. The third-order valence-corrected chi connectivity index (χ3v) is 14.6. The first-order chi connectivity index (χ1) is 9.99. The monoisotopic (exact) mass is 360 g/mol. The lowest BCUT2D eigenvalue weighted by Crippen LogP contribution is -2.45. The first-order valence-electron chi connectivity index (χ1n) is 8.81. The Morgan fingerprint density at radius 3 is 1.70 bits per heavy atom. The number of ketones is 1. The van der Waals surface area contributed by atoms with E-state index in [4.69, 9.17) is 8.85 Å². The molecule has 0 bridgehead atoms. The highest BCUT2D eigenvalue weighted by atomic mass is 28.4. The summed E-state index contributed by atoms with van der Waals surface area (Å²) in [4.78, 5) is 11.6. The van der Waals surface area contributed by atoms with Gasteiger partial charge in [0.2, 0.25) is 0 Å². The zero-order valence-corrected chi connectivity index (χ0v) is 19.4. The van der Waals surface area contributed by atoms with Gasteiger partial charge in [-0.3, -0.25) is 4.79 Å². The van der Waals surface area contributed by atoms with E-state index >= 15 is 0 Å². The maximum Gasteiger partial charge on any atom is 0.192 e. The number of hydrogen-bond acceptors (Lipinski definition) is 3. The predicted molar refractivity (Wildman–Crippen MR) is 105 cm³/mol. The summed E-state index contributed by atoms with van der Waals surface area (Å²) in [5.41, 5.74) is 0. The molecule has 5 heteroatoms. The Morgan fingerprint density at radius 1 is 0.913 bits per heavy atom. The average Bonchev–Trinajstić information content (AvgIpc) is 2.23. The summed E-state index contributed by atoms with van der Waals surface area (Å²) in [6, 6.07) is 0. The van der Waals surface area contributed by atoms with Crippen molar-refractivity contribution in [2.24, 2.45) is 0 Å². The summed E-state index contributed by atoms with van der Waals surface area (Å²) in [5.74, 6) is 0.195. The van der Waals surface area contributed by atoms with Crippen LogP contribution in [-0.2, 0) is 13.6 Å². The van der Waals surface area contributed by atoms with Crippen molar-refractivity contribution in [2.45, 2.75) is 104 Å². The standard InChI is InChI=1S/C18H40O3Si2/c1-15(19)14-16(21-23(10,11)18(5,6)7)12-13-20-22(8,9)17(2,3)4/h16H,12-14H2,1-11H3. The SMILES string of the molecule is CC(=O)CC(CCO[Si](C)(C)C(C)(C)C)O[Si](C)(C)C(C)(C)C. The van der Waals surface area contributed by atoms with Crippen molar-refractivity contribution in [3.05, 3.63) is 0 Å². The molecule has 0 amide bonds. The minimum absolute atomic E-state index is 0.0156. The lowest BCUT2D eigenvalue weighted by Gasteiger charge is -2.40. The van der Waals surface area contributed by atoms with Gasteiger partial charge in [0.1, 0.15) is 5.78 Å². The quantitative estimate of drug-likeness (QED) is 0.516. The third-order valence-electron chi connectivity index (χ3n) is 5.49. The number of rotatable bonds is 8. The smallest absolute Gasteiger partial charge is 0.192 e. The zero-order chi connectivity index (χ0) is 18.7. The van der Waals surface area contributed by atoms with Gasteiger partial charge >= 0.3 is 0 Å². The average molecular weight is 361 g/mol. The van der Waals surface area contributed by atoms with Crippen LogP contribution in [-0.4, -0.2) is 35.1 Å². The number of Topliss-reactive ketones (excluding diaryl/α,β-unsaturated/α-hetero) is 1. The Balaban J connectivity index is 4.81. The molecule has 0 N–H and O–H groups in total. The van der Waals surface area contributed by atoms with E-state index in [2.05, 4.69) is 67.7 Å². The fraction of sp³-hybridized carbons (Fsp3) is 0.944. The van der Waals surface area contributed by atoms with E-state index in [-0.39, 0.29) is 22.0 Å². The van der Waals surface area contributed by atoms with Crippen LogP contribution in [0.5, 0.6) is 0 Å². The molecule has 0 fully saturated rings. The van der Waals surface area contributed by atoms with Crippen LogP contribution in [0.3, 0.4) is 0 Å². The molecule has 0 aromatic heterocycles. The molecular weight excluding hydrogens is 320 g/mol. The fourth-order valence-electron chi connectivity index (χ4n) is 1.78. The second-order valence-corrected chi connectivity index (χ2v) is 19.4. The van der Waals surface area contributed by atoms with Gasteiger partial charge in [0.15, 0.2) is 16.6 Å². The van der Waals surface area contributed by atoms with Gasteiger partial charge in [-0.15, -0.1) is 0 Å². The maximum atomic E-state index is 11.6. The van der Waals surface area contributed by atoms with Gasteiger partial charge in [-0.2, -0.15) is 0 Å². The highest BCUT2D eigenvalue weighted by molar-refractivity contribution is 6.74. The maximum absolute atomic E-state index is 11.6. The van der Waals surface area contributed by atoms with Crippen molar-refractivity contribution >= 4 is 22.4 Å². The molecule has 0 aromatic carbocycles. The van der Waals surface area contributed by atoms with Crippen LogP contribution in [0.2, 0.25) is 36.3 Å². The molecule has 0 spiro atoms. The number of carbonyl (C=O) groups is 1. The highest BCUT2D eigenvalue weighted by Crippen LogP contribution is 2.39. The van der Waals surface area contributed by atoms with Gasteiger partial charge in [0.05, 0.1) is 6.10 Å². The van der Waals surface area contributed by atoms with Gasteiger partial charge in [0.25, 0.3) is 0 Å². The topological polar surface area (TPSA) is 35.5 Å². The molecule has 0 saturated carbocycles. The van der Waals surface area contributed by atoms with Crippen LogP contribution >= 0.6 is 0 Å². The summed E-state index contributed by atoms with van der Waals surface area (Å²) in [7, 11) is -3.60. The molecule has 0 saturated heterocycles. The summed E-state index contributed by atoms with van der Waals surface area (Å²) in [5, 5.41) is 0.367. The van der Waals surface area contributed by atoms with E-state index < -0.39 is 16.6 Å². The molecule has 23 heavy (non-hydrogen) atoms. The summed E-state index contributed by atoms with van der Waals surface area (Å²) < 4.78 is 12.7. The molecule has 1 atom stereocenters. The minimum atomic E-state index is -1.86. The molecule has 138 valence electrons. The van der Waals surface area contributed by atoms with Gasteiger partial charge in [-0.1, -0.05) is 41.5 Å². The molecule has 0 rings (SSSR count). The molecule has 0 aliphatic rings. The van der Waals surface area contributed by atoms with Crippen LogP contribution in [0.4, 0.5) is 0 Å². The fourth-order valence-corrected chi connectivity index (χ4v) is 4.23. The lowest BCUT2D eigenvalue weighted by molar-refractivity contribution is -0.118. The van der Waals surface area contributed by atoms with Crippen LogP contribution < -0.4 is 0 Å². The van der Waals surface area contributed by atoms with Gasteiger partial charge < -0.3 is 8.85 Å². The second-order valence-electron chi connectivity index (χ2n) is 9.80. The minimum Gasteiger partial charge on any atom is -0.417 e. The number of hydrogen-bond donors (Lipinski definition) is 0. The van der Waals surface area contributed by atoms with Crippen LogP contribution in [0.15, 0.2) is 0 Å². The summed E-state index contributed by atoms with van der Waals surface area (Å²) in [6.07, 6.45) is 1.28. The van der Waals surface area contributed by atoms with Crippen molar-refractivity contribution in [1.29, 1.82) is 0 Å². The Bertz CT molecular complexity index is 390. The first-order valence-corrected chi connectivity index (χ1v) is 14.6. The van der Waals surface area contributed by atoms with E-state index in [9.17, 15) is 4.79 Å². The molecular formula is C18H40O3Si2. The zero-order valence-electron chi connectivity index (χ0n) is 17.4. The van der Waals surface area contributed by atoms with E-state index in [0.29, 0.717) is 13.0 Å². The van der Waals surface area contributed by atoms with Crippen molar-refractivity contribution in [3.8, 4) is 0 Å². The van der Waals surface area contributed by atoms with E-state index in [1.807, 2.05) is 0 Å². The van der Waals surface area contributed by atoms with Gasteiger partial charge in [-0.25, -0.2) is 0 Å². The Hall–Kier alpha value is 0.0238. The van der Waals surface area contributed by atoms with Crippen molar-refractivity contribution in [1.82, 2.24) is 0 Å². The van der Waals surface area contributed by atoms with Crippen molar-refractivity contribution < 1.29 is 13.6 Å². The molecule has 1 unspecified atom stereocenters. The molecule has 0 aliphatic heterocycles. The van der Waals surface area contributed by atoms with Crippen LogP contribution in [0.25, 0.3) is 0 Å². The van der Waals surface area contributed by atoms with Crippen molar-refractivity contribution in [2.75, 3.05) is 6.61 Å².